The minimum Gasteiger partial charge on any atom is -0.248 e. The lowest BCUT2D eigenvalue weighted by Gasteiger charge is -2.06. The van der Waals surface area contributed by atoms with Crippen LogP contribution in [0.5, 0.6) is 0 Å². The Morgan fingerprint density at radius 1 is 0.632 bits per heavy atom. The second-order valence-electron chi connectivity index (χ2n) is 4.29. The van der Waals surface area contributed by atoms with Crippen LogP contribution in [0.3, 0.4) is 0 Å². The minimum atomic E-state index is 1.02. The molecular weight excluding hydrogens is 345 g/mol. The summed E-state index contributed by atoms with van der Waals surface area (Å²) >= 11 is 2.34. The molecule has 0 saturated heterocycles. The summed E-state index contributed by atoms with van der Waals surface area (Å²) in [6.07, 6.45) is 0. The Hall–Kier alpha value is -1.68. The molecule has 0 spiro atoms. The van der Waals surface area contributed by atoms with E-state index in [9.17, 15) is 0 Å². The Kier molecular flexibility index (Phi) is 3.60. The van der Waals surface area contributed by atoms with Gasteiger partial charge in [0.1, 0.15) is 0 Å². The van der Waals surface area contributed by atoms with Crippen LogP contribution < -0.4 is 0 Å². The van der Waals surface area contributed by atoms with E-state index in [1.54, 1.807) is 0 Å². The first-order chi connectivity index (χ1) is 9.33. The number of hydrogen-bond acceptors (Lipinski definition) is 1. The molecule has 3 aromatic rings. The highest BCUT2D eigenvalue weighted by molar-refractivity contribution is 14.1. The quantitative estimate of drug-likeness (QED) is 0.587. The Morgan fingerprint density at radius 3 is 1.47 bits per heavy atom. The van der Waals surface area contributed by atoms with Gasteiger partial charge in [-0.2, -0.15) is 0 Å². The fourth-order valence-corrected chi connectivity index (χ4v) is 2.60. The number of rotatable bonds is 2. The lowest BCUT2D eigenvalue weighted by molar-refractivity contribution is 1.31. The van der Waals surface area contributed by atoms with Crippen LogP contribution in [0, 0.1) is 3.57 Å². The third-order valence-electron chi connectivity index (χ3n) is 2.93. The maximum Gasteiger partial charge on any atom is 0.0720 e. The topological polar surface area (TPSA) is 12.9 Å². The maximum atomic E-state index is 4.77. The second kappa shape index (κ2) is 5.53. The Balaban J connectivity index is 2.12. The van der Waals surface area contributed by atoms with Gasteiger partial charge in [-0.1, -0.05) is 60.7 Å². The summed E-state index contributed by atoms with van der Waals surface area (Å²) in [5.74, 6) is 0. The molecule has 0 saturated carbocycles. The highest BCUT2D eigenvalue weighted by atomic mass is 127. The number of hydrogen-bond donors (Lipinski definition) is 0. The predicted molar refractivity (Wildman–Crippen MR) is 87.8 cm³/mol. The van der Waals surface area contributed by atoms with E-state index in [4.69, 9.17) is 4.98 Å². The molecule has 0 aliphatic rings. The first-order valence-electron chi connectivity index (χ1n) is 6.11. The molecule has 0 radical (unpaired) electrons. The van der Waals surface area contributed by atoms with Gasteiger partial charge in [-0.3, -0.25) is 0 Å². The lowest BCUT2D eigenvalue weighted by atomic mass is 10.1. The summed E-state index contributed by atoms with van der Waals surface area (Å²) in [4.78, 5) is 4.77. The molecule has 0 N–H and O–H groups in total. The van der Waals surface area contributed by atoms with E-state index in [1.807, 2.05) is 36.4 Å². The highest BCUT2D eigenvalue weighted by Gasteiger charge is 2.05. The van der Waals surface area contributed by atoms with Gasteiger partial charge in [0.25, 0.3) is 0 Å². The summed E-state index contributed by atoms with van der Waals surface area (Å²) in [6, 6.07) is 24.8. The van der Waals surface area contributed by atoms with E-state index in [1.165, 1.54) is 3.57 Å². The molecule has 0 atom stereocenters. The van der Waals surface area contributed by atoms with Crippen LogP contribution in [-0.2, 0) is 0 Å². The van der Waals surface area contributed by atoms with Crippen molar-refractivity contribution in [3.8, 4) is 22.5 Å². The van der Waals surface area contributed by atoms with Gasteiger partial charge in [0.2, 0.25) is 0 Å². The molecule has 0 amide bonds. The van der Waals surface area contributed by atoms with Gasteiger partial charge in [0.15, 0.2) is 0 Å². The van der Waals surface area contributed by atoms with Crippen LogP contribution in [0.15, 0.2) is 72.8 Å². The molecule has 0 unspecified atom stereocenters. The molecule has 3 rings (SSSR count). The van der Waals surface area contributed by atoms with Crippen molar-refractivity contribution >= 4 is 22.6 Å². The number of benzene rings is 2. The van der Waals surface area contributed by atoms with Crippen molar-refractivity contribution in [2.75, 3.05) is 0 Å². The van der Waals surface area contributed by atoms with Crippen molar-refractivity contribution in [1.82, 2.24) is 4.98 Å². The summed E-state index contributed by atoms with van der Waals surface area (Å²) in [5, 5.41) is 0. The third kappa shape index (κ3) is 2.84. The van der Waals surface area contributed by atoms with Gasteiger partial charge in [-0.25, -0.2) is 4.98 Å². The van der Waals surface area contributed by atoms with Crippen molar-refractivity contribution in [2.24, 2.45) is 0 Å². The molecule has 0 aliphatic carbocycles. The van der Waals surface area contributed by atoms with Crippen LogP contribution in [-0.4, -0.2) is 4.98 Å². The Morgan fingerprint density at radius 2 is 1.05 bits per heavy atom. The first kappa shape index (κ1) is 12.4. The maximum absolute atomic E-state index is 4.77. The SMILES string of the molecule is Ic1cc(-c2ccccc2)nc(-c2ccccc2)c1. The molecule has 0 fully saturated rings. The van der Waals surface area contributed by atoms with Gasteiger partial charge in [-0.05, 0) is 34.7 Å². The zero-order valence-corrected chi connectivity index (χ0v) is 12.4. The van der Waals surface area contributed by atoms with E-state index in [0.29, 0.717) is 0 Å². The van der Waals surface area contributed by atoms with Crippen molar-refractivity contribution < 1.29 is 0 Å². The van der Waals surface area contributed by atoms with Crippen LogP contribution in [0.1, 0.15) is 0 Å². The predicted octanol–water partition coefficient (Wildman–Crippen LogP) is 5.02. The largest absolute Gasteiger partial charge is 0.248 e. The molecular formula is C17H12IN. The number of aromatic nitrogens is 1. The summed E-state index contributed by atoms with van der Waals surface area (Å²) in [5.41, 5.74) is 4.34. The molecule has 1 aromatic heterocycles. The van der Waals surface area contributed by atoms with Crippen molar-refractivity contribution in [1.29, 1.82) is 0 Å². The van der Waals surface area contributed by atoms with Crippen LogP contribution >= 0.6 is 22.6 Å². The molecule has 2 heteroatoms. The average Bonchev–Trinajstić information content (AvgIpc) is 2.48. The fraction of sp³-hybridized carbons (Fsp3) is 0. The van der Waals surface area contributed by atoms with E-state index in [-0.39, 0.29) is 0 Å². The third-order valence-corrected chi connectivity index (χ3v) is 3.55. The number of halogens is 1. The monoisotopic (exact) mass is 357 g/mol. The average molecular weight is 357 g/mol. The number of pyridine rings is 1. The second-order valence-corrected chi connectivity index (χ2v) is 5.53. The molecule has 1 nitrogen and oxygen atoms in total. The summed E-state index contributed by atoms with van der Waals surface area (Å²) in [7, 11) is 0. The van der Waals surface area contributed by atoms with E-state index in [2.05, 4.69) is 59.0 Å². The van der Waals surface area contributed by atoms with Crippen LogP contribution in [0.25, 0.3) is 22.5 Å². The zero-order valence-electron chi connectivity index (χ0n) is 10.3. The van der Waals surface area contributed by atoms with E-state index < -0.39 is 0 Å². The first-order valence-corrected chi connectivity index (χ1v) is 7.19. The van der Waals surface area contributed by atoms with Crippen LogP contribution in [0.2, 0.25) is 0 Å². The molecule has 0 bridgehead atoms. The van der Waals surface area contributed by atoms with Gasteiger partial charge < -0.3 is 0 Å². The molecule has 92 valence electrons. The molecule has 2 aromatic carbocycles. The Labute approximate surface area is 126 Å². The van der Waals surface area contributed by atoms with Gasteiger partial charge in [0, 0.05) is 14.7 Å². The molecule has 0 aliphatic heterocycles. The molecule has 1 heterocycles. The Bertz CT molecular complexity index is 620. The fourth-order valence-electron chi connectivity index (χ4n) is 2.01. The molecule has 19 heavy (non-hydrogen) atoms. The summed E-state index contributed by atoms with van der Waals surface area (Å²) < 4.78 is 1.20. The van der Waals surface area contributed by atoms with Crippen LogP contribution in [0.4, 0.5) is 0 Å². The standard InChI is InChI=1S/C17H12IN/c18-15-11-16(13-7-3-1-4-8-13)19-17(12-15)14-9-5-2-6-10-14/h1-12H. The van der Waals surface area contributed by atoms with Gasteiger partial charge in [0.05, 0.1) is 11.4 Å². The van der Waals surface area contributed by atoms with E-state index >= 15 is 0 Å². The smallest absolute Gasteiger partial charge is 0.0720 e. The zero-order chi connectivity index (χ0) is 13.1. The minimum absolute atomic E-state index is 1.02. The normalized spacial score (nSPS) is 10.4. The highest BCUT2D eigenvalue weighted by Crippen LogP contribution is 2.25. The van der Waals surface area contributed by atoms with Gasteiger partial charge in [-0.15, -0.1) is 0 Å². The van der Waals surface area contributed by atoms with Gasteiger partial charge >= 0.3 is 0 Å². The lowest BCUT2D eigenvalue weighted by Crippen LogP contribution is -1.89. The van der Waals surface area contributed by atoms with Crippen molar-refractivity contribution in [3.05, 3.63) is 76.4 Å². The summed E-state index contributed by atoms with van der Waals surface area (Å²) in [6.45, 7) is 0. The van der Waals surface area contributed by atoms with Crippen molar-refractivity contribution in [2.45, 2.75) is 0 Å². The van der Waals surface area contributed by atoms with Crippen molar-refractivity contribution in [3.63, 3.8) is 0 Å². The van der Waals surface area contributed by atoms with E-state index in [0.717, 1.165) is 22.5 Å². The number of nitrogens with zero attached hydrogens (tertiary/aromatic N) is 1.